The average Bonchev–Trinajstić information content (AvgIpc) is 2.39. The minimum Gasteiger partial charge on any atom is -0.399 e. The number of amides is 2. The molecule has 0 radical (unpaired) electrons. The molecule has 18 heavy (non-hydrogen) atoms. The molecule has 1 aliphatic heterocycles. The van der Waals surface area contributed by atoms with E-state index in [1.54, 1.807) is 6.07 Å². The number of nitrogens with one attached hydrogen (secondary N) is 1. The van der Waals surface area contributed by atoms with E-state index in [-0.39, 0.29) is 6.03 Å². The van der Waals surface area contributed by atoms with Crippen LogP contribution in [0.1, 0.15) is 26.2 Å². The topological polar surface area (TPSA) is 58.4 Å². The molecule has 0 saturated carbocycles. The maximum absolute atomic E-state index is 12.1. The summed E-state index contributed by atoms with van der Waals surface area (Å²) in [5, 5.41) is 2.90. The highest BCUT2D eigenvalue weighted by Crippen LogP contribution is 2.20. The number of urea groups is 1. The fraction of sp³-hybridized carbons (Fsp3) is 0.500. The van der Waals surface area contributed by atoms with Gasteiger partial charge in [0.2, 0.25) is 0 Å². The van der Waals surface area contributed by atoms with Crippen molar-refractivity contribution in [3.8, 4) is 0 Å². The number of hydrogen-bond donors (Lipinski definition) is 2. The molecule has 1 atom stereocenters. The normalized spacial score (nSPS) is 19.6. The van der Waals surface area contributed by atoms with Crippen molar-refractivity contribution in [1.29, 1.82) is 0 Å². The molecule has 1 fully saturated rings. The number of hydrogen-bond acceptors (Lipinski definition) is 2. The molecule has 0 aromatic heterocycles. The highest BCUT2D eigenvalue weighted by atomic mass is 16.2. The molecule has 98 valence electrons. The molecule has 0 spiro atoms. The minimum atomic E-state index is -0.0150. The molecule has 2 amide bonds. The van der Waals surface area contributed by atoms with Gasteiger partial charge in [-0.15, -0.1) is 0 Å². The van der Waals surface area contributed by atoms with Crippen LogP contribution in [0.4, 0.5) is 16.2 Å². The second-order valence-corrected chi connectivity index (χ2v) is 4.92. The van der Waals surface area contributed by atoms with Crippen LogP contribution >= 0.6 is 0 Å². The number of carbonyl (C=O) groups is 1. The lowest BCUT2D eigenvalue weighted by atomic mass is 9.96. The van der Waals surface area contributed by atoms with Gasteiger partial charge >= 0.3 is 6.03 Å². The predicted molar refractivity (Wildman–Crippen MR) is 74.5 cm³/mol. The molecule has 2 rings (SSSR count). The van der Waals surface area contributed by atoms with Gasteiger partial charge in [0.1, 0.15) is 0 Å². The molecule has 0 aliphatic carbocycles. The van der Waals surface area contributed by atoms with Crippen LogP contribution in [0.5, 0.6) is 0 Å². The second kappa shape index (κ2) is 5.76. The van der Waals surface area contributed by atoms with E-state index in [1.165, 1.54) is 6.42 Å². The van der Waals surface area contributed by atoms with Gasteiger partial charge in [-0.2, -0.15) is 0 Å². The van der Waals surface area contributed by atoms with Crippen molar-refractivity contribution < 1.29 is 4.79 Å². The molecule has 1 saturated heterocycles. The summed E-state index contributed by atoms with van der Waals surface area (Å²) in [4.78, 5) is 14.0. The van der Waals surface area contributed by atoms with Crippen LogP contribution in [-0.2, 0) is 0 Å². The van der Waals surface area contributed by atoms with Crippen molar-refractivity contribution in [1.82, 2.24) is 4.90 Å². The van der Waals surface area contributed by atoms with Crippen molar-refractivity contribution in [3.05, 3.63) is 24.3 Å². The molecule has 1 aliphatic rings. The Morgan fingerprint density at radius 3 is 3.11 bits per heavy atom. The summed E-state index contributed by atoms with van der Waals surface area (Å²) in [5.74, 6) is 0.644. The average molecular weight is 247 g/mol. The first-order valence-electron chi connectivity index (χ1n) is 6.60. The van der Waals surface area contributed by atoms with E-state index in [9.17, 15) is 4.79 Å². The molecule has 4 nitrogen and oxygen atoms in total. The Kier molecular flexibility index (Phi) is 4.07. The standard InChI is InChI=1S/C14H21N3O/c1-2-11-5-4-8-17(10-11)14(18)16-13-7-3-6-12(15)9-13/h3,6-7,9,11H,2,4-5,8,10,15H2,1H3,(H,16,18). The van der Waals surface area contributed by atoms with E-state index >= 15 is 0 Å². The van der Waals surface area contributed by atoms with Gasteiger partial charge in [0, 0.05) is 24.5 Å². The first kappa shape index (κ1) is 12.7. The monoisotopic (exact) mass is 247 g/mol. The fourth-order valence-corrected chi connectivity index (χ4v) is 2.40. The Morgan fingerprint density at radius 1 is 1.56 bits per heavy atom. The number of benzene rings is 1. The molecule has 1 aromatic carbocycles. The number of rotatable bonds is 2. The van der Waals surface area contributed by atoms with Gasteiger partial charge in [0.05, 0.1) is 0 Å². The van der Waals surface area contributed by atoms with Gasteiger partial charge in [0.15, 0.2) is 0 Å². The van der Waals surface area contributed by atoms with Crippen molar-refractivity contribution in [2.45, 2.75) is 26.2 Å². The van der Waals surface area contributed by atoms with Crippen LogP contribution in [0, 0.1) is 5.92 Å². The van der Waals surface area contributed by atoms with Crippen LogP contribution in [0.3, 0.4) is 0 Å². The summed E-state index contributed by atoms with van der Waals surface area (Å²) >= 11 is 0. The van der Waals surface area contributed by atoms with Crippen LogP contribution < -0.4 is 11.1 Å². The van der Waals surface area contributed by atoms with Crippen molar-refractivity contribution in [2.24, 2.45) is 5.92 Å². The van der Waals surface area contributed by atoms with Gasteiger partial charge in [-0.3, -0.25) is 0 Å². The van der Waals surface area contributed by atoms with E-state index in [1.807, 2.05) is 23.1 Å². The third-order valence-electron chi connectivity index (χ3n) is 3.52. The zero-order valence-electron chi connectivity index (χ0n) is 10.9. The van der Waals surface area contributed by atoms with E-state index in [0.717, 1.165) is 31.6 Å². The highest BCUT2D eigenvalue weighted by Gasteiger charge is 2.22. The highest BCUT2D eigenvalue weighted by molar-refractivity contribution is 5.89. The van der Waals surface area contributed by atoms with Crippen LogP contribution in [0.25, 0.3) is 0 Å². The Labute approximate surface area is 108 Å². The number of nitrogens with two attached hydrogens (primary N) is 1. The quantitative estimate of drug-likeness (QED) is 0.789. The first-order chi connectivity index (χ1) is 8.69. The smallest absolute Gasteiger partial charge is 0.321 e. The maximum atomic E-state index is 12.1. The first-order valence-corrected chi connectivity index (χ1v) is 6.60. The van der Waals surface area contributed by atoms with Crippen molar-refractivity contribution in [3.63, 3.8) is 0 Å². The summed E-state index contributed by atoms with van der Waals surface area (Å²) in [6.45, 7) is 3.90. The van der Waals surface area contributed by atoms with E-state index in [0.29, 0.717) is 11.6 Å². The second-order valence-electron chi connectivity index (χ2n) is 4.92. The minimum absolute atomic E-state index is 0.0150. The summed E-state index contributed by atoms with van der Waals surface area (Å²) in [6, 6.07) is 7.27. The van der Waals surface area contributed by atoms with Gasteiger partial charge in [-0.1, -0.05) is 19.4 Å². The molecule has 1 aromatic rings. The van der Waals surface area contributed by atoms with E-state index in [2.05, 4.69) is 12.2 Å². The lowest BCUT2D eigenvalue weighted by Gasteiger charge is -2.32. The Hall–Kier alpha value is -1.71. The Morgan fingerprint density at radius 2 is 2.39 bits per heavy atom. The Balaban J connectivity index is 1.95. The van der Waals surface area contributed by atoms with Gasteiger partial charge in [0.25, 0.3) is 0 Å². The van der Waals surface area contributed by atoms with E-state index in [4.69, 9.17) is 5.73 Å². The third-order valence-corrected chi connectivity index (χ3v) is 3.52. The number of anilines is 2. The fourth-order valence-electron chi connectivity index (χ4n) is 2.40. The summed E-state index contributed by atoms with van der Waals surface area (Å²) in [7, 11) is 0. The molecule has 4 heteroatoms. The summed E-state index contributed by atoms with van der Waals surface area (Å²) < 4.78 is 0. The van der Waals surface area contributed by atoms with Gasteiger partial charge in [-0.05, 0) is 37.0 Å². The van der Waals surface area contributed by atoms with Crippen LogP contribution in [0.15, 0.2) is 24.3 Å². The van der Waals surface area contributed by atoms with Crippen LogP contribution in [0.2, 0.25) is 0 Å². The molecule has 1 heterocycles. The largest absolute Gasteiger partial charge is 0.399 e. The molecule has 3 N–H and O–H groups in total. The zero-order valence-corrected chi connectivity index (χ0v) is 10.9. The van der Waals surface area contributed by atoms with Crippen molar-refractivity contribution >= 4 is 17.4 Å². The number of nitrogens with zero attached hydrogens (tertiary/aromatic N) is 1. The molecular weight excluding hydrogens is 226 g/mol. The zero-order chi connectivity index (χ0) is 13.0. The van der Waals surface area contributed by atoms with Crippen LogP contribution in [-0.4, -0.2) is 24.0 Å². The number of nitrogen functional groups attached to an aromatic ring is 1. The van der Waals surface area contributed by atoms with E-state index < -0.39 is 0 Å². The van der Waals surface area contributed by atoms with Crippen molar-refractivity contribution in [2.75, 3.05) is 24.1 Å². The summed E-state index contributed by atoms with van der Waals surface area (Å²) in [6.07, 6.45) is 3.48. The van der Waals surface area contributed by atoms with Gasteiger partial charge in [-0.25, -0.2) is 4.79 Å². The maximum Gasteiger partial charge on any atom is 0.321 e. The predicted octanol–water partition coefficient (Wildman–Crippen LogP) is 2.92. The SMILES string of the molecule is CCC1CCCN(C(=O)Nc2cccc(N)c2)C1. The number of carbonyl (C=O) groups excluding carboxylic acids is 1. The lowest BCUT2D eigenvalue weighted by Crippen LogP contribution is -2.42. The lowest BCUT2D eigenvalue weighted by molar-refractivity contribution is 0.176. The summed E-state index contributed by atoms with van der Waals surface area (Å²) in [5.41, 5.74) is 7.12. The number of likely N-dealkylation sites (tertiary alicyclic amines) is 1. The molecular formula is C14H21N3O. The number of piperidine rings is 1. The third kappa shape index (κ3) is 3.15. The Bertz CT molecular complexity index is 419. The molecule has 0 bridgehead atoms. The molecule has 1 unspecified atom stereocenters. The van der Waals surface area contributed by atoms with Gasteiger partial charge < -0.3 is 16.0 Å².